The number of carbonyl (C=O) groups excluding carboxylic acids is 3. The molecule has 4 heterocycles. The van der Waals surface area contributed by atoms with E-state index in [-0.39, 0.29) is 30.7 Å². The monoisotopic (exact) mass is 498 g/mol. The average Bonchev–Trinajstić information content (AvgIpc) is 3.51. The first-order valence-corrected chi connectivity index (χ1v) is 11.8. The lowest BCUT2D eigenvalue weighted by molar-refractivity contribution is -0.118. The summed E-state index contributed by atoms with van der Waals surface area (Å²) in [4.78, 5) is 49.3. The number of H-pyrrole nitrogens is 1. The van der Waals surface area contributed by atoms with Crippen molar-refractivity contribution in [3.8, 4) is 5.75 Å². The predicted octanol–water partition coefficient (Wildman–Crippen LogP) is 3.69. The number of fused-ring (bicyclic) bond motifs is 3. The topological polar surface area (TPSA) is 138 Å². The predicted molar refractivity (Wildman–Crippen MR) is 135 cm³/mol. The summed E-state index contributed by atoms with van der Waals surface area (Å²) in [5, 5.41) is 9.45. The summed E-state index contributed by atoms with van der Waals surface area (Å²) in [6.45, 7) is 0.194. The van der Waals surface area contributed by atoms with Crippen LogP contribution in [0.4, 0.5) is 11.4 Å². The highest BCUT2D eigenvalue weighted by Gasteiger charge is 2.20. The highest BCUT2D eigenvalue weighted by molar-refractivity contribution is 7.20. The molecule has 11 heteroatoms. The Bertz CT molecular complexity index is 1640. The van der Waals surface area contributed by atoms with Gasteiger partial charge in [-0.25, -0.2) is 9.97 Å². The first-order chi connectivity index (χ1) is 17.5. The van der Waals surface area contributed by atoms with Gasteiger partial charge < -0.3 is 25.7 Å². The molecule has 0 unspecified atom stereocenters. The minimum atomic E-state index is -0.412. The Labute approximate surface area is 207 Å². The molecule has 0 spiro atoms. The Morgan fingerprint density at radius 2 is 1.97 bits per heavy atom. The van der Waals surface area contributed by atoms with Gasteiger partial charge in [0.25, 0.3) is 17.7 Å². The van der Waals surface area contributed by atoms with Crippen molar-refractivity contribution in [2.45, 2.75) is 6.54 Å². The standard InChI is InChI=1S/C25H18N6O4S/c32-20-11-35-17-6-5-13(7-15(17)30-20)9-27-25(34)23-22-21(28-12-29-23)16(10-26-22)31-24(33)19-8-14-3-1-2-4-18(14)36-19/h1-8,10,12,26H,9,11H2,(H,27,34)(H,30,32)(H,31,33). The Balaban J connectivity index is 1.19. The molecule has 0 fully saturated rings. The number of carbonyl (C=O) groups is 3. The van der Waals surface area contributed by atoms with E-state index in [0.29, 0.717) is 33.0 Å². The normalized spacial score (nSPS) is 12.6. The number of aromatic nitrogens is 3. The van der Waals surface area contributed by atoms with Crippen LogP contribution in [-0.2, 0) is 11.3 Å². The van der Waals surface area contributed by atoms with Gasteiger partial charge in [-0.2, -0.15) is 0 Å². The molecule has 36 heavy (non-hydrogen) atoms. The zero-order valence-electron chi connectivity index (χ0n) is 18.6. The van der Waals surface area contributed by atoms with E-state index in [4.69, 9.17) is 4.74 Å². The van der Waals surface area contributed by atoms with Crippen LogP contribution in [0.5, 0.6) is 5.75 Å². The molecule has 0 saturated heterocycles. The second kappa shape index (κ2) is 8.78. The van der Waals surface area contributed by atoms with Crippen LogP contribution in [0.25, 0.3) is 21.1 Å². The Hall–Kier alpha value is -4.77. The fraction of sp³-hybridized carbons (Fsp3) is 0.0800. The first kappa shape index (κ1) is 21.7. The summed E-state index contributed by atoms with van der Waals surface area (Å²) in [7, 11) is 0. The number of anilines is 2. The van der Waals surface area contributed by atoms with Crippen LogP contribution in [0, 0.1) is 0 Å². The smallest absolute Gasteiger partial charge is 0.272 e. The summed E-state index contributed by atoms with van der Waals surface area (Å²) in [5.41, 5.74) is 2.78. The maximum Gasteiger partial charge on any atom is 0.272 e. The first-order valence-electron chi connectivity index (χ1n) is 11.0. The molecule has 4 N–H and O–H groups in total. The lowest BCUT2D eigenvalue weighted by Gasteiger charge is -2.18. The van der Waals surface area contributed by atoms with E-state index >= 15 is 0 Å². The molecular formula is C25H18N6O4S. The molecule has 3 amide bonds. The number of aromatic amines is 1. The third-order valence-electron chi connectivity index (χ3n) is 5.71. The molecule has 2 aromatic carbocycles. The van der Waals surface area contributed by atoms with Crippen molar-refractivity contribution in [1.29, 1.82) is 0 Å². The Morgan fingerprint density at radius 3 is 2.86 bits per heavy atom. The number of amides is 3. The quantitative estimate of drug-likeness (QED) is 0.292. The van der Waals surface area contributed by atoms with Gasteiger partial charge in [0.1, 0.15) is 17.6 Å². The van der Waals surface area contributed by atoms with Gasteiger partial charge in [0.05, 0.1) is 21.8 Å². The van der Waals surface area contributed by atoms with Crippen LogP contribution in [0.15, 0.2) is 61.1 Å². The zero-order chi connectivity index (χ0) is 24.6. The van der Waals surface area contributed by atoms with Crippen molar-refractivity contribution in [3.05, 3.63) is 77.2 Å². The van der Waals surface area contributed by atoms with E-state index < -0.39 is 5.91 Å². The Morgan fingerprint density at radius 1 is 1.08 bits per heavy atom. The Kier molecular flexibility index (Phi) is 5.30. The molecule has 10 nitrogen and oxygen atoms in total. The van der Waals surface area contributed by atoms with Crippen molar-refractivity contribution >= 4 is 61.6 Å². The number of nitrogens with one attached hydrogen (secondary N) is 4. The number of thiophene rings is 1. The van der Waals surface area contributed by atoms with Crippen molar-refractivity contribution in [2.75, 3.05) is 17.2 Å². The van der Waals surface area contributed by atoms with E-state index in [1.165, 1.54) is 17.7 Å². The molecule has 178 valence electrons. The second-order valence-corrected chi connectivity index (χ2v) is 9.18. The maximum absolute atomic E-state index is 12.9. The molecular weight excluding hydrogens is 480 g/mol. The van der Waals surface area contributed by atoms with Crippen molar-refractivity contribution in [3.63, 3.8) is 0 Å². The SMILES string of the molecule is O=C1COc2ccc(CNC(=O)c3ncnc4c(NC(=O)c5cc6ccccc6s5)c[nH]c34)cc2N1. The summed E-state index contributed by atoms with van der Waals surface area (Å²) in [5.74, 6) is -0.317. The van der Waals surface area contributed by atoms with Gasteiger partial charge in [0, 0.05) is 17.4 Å². The van der Waals surface area contributed by atoms with Crippen LogP contribution in [0.3, 0.4) is 0 Å². The van der Waals surface area contributed by atoms with Crippen LogP contribution in [0.1, 0.15) is 25.7 Å². The minimum Gasteiger partial charge on any atom is -0.482 e. The van der Waals surface area contributed by atoms with Gasteiger partial charge in [0.15, 0.2) is 12.3 Å². The van der Waals surface area contributed by atoms with Gasteiger partial charge in [-0.05, 0) is 35.2 Å². The molecule has 5 aromatic rings. The molecule has 0 radical (unpaired) electrons. The third kappa shape index (κ3) is 4.01. The fourth-order valence-corrected chi connectivity index (χ4v) is 4.95. The van der Waals surface area contributed by atoms with Crippen LogP contribution < -0.4 is 20.7 Å². The molecule has 0 bridgehead atoms. The van der Waals surface area contributed by atoms with Crippen molar-refractivity contribution < 1.29 is 19.1 Å². The van der Waals surface area contributed by atoms with Gasteiger partial charge >= 0.3 is 0 Å². The molecule has 3 aromatic heterocycles. The number of benzene rings is 2. The van der Waals surface area contributed by atoms with E-state index in [1.807, 2.05) is 36.4 Å². The lowest BCUT2D eigenvalue weighted by atomic mass is 10.1. The average molecular weight is 499 g/mol. The van der Waals surface area contributed by atoms with Gasteiger partial charge in [0.2, 0.25) is 0 Å². The molecule has 0 atom stereocenters. The molecule has 0 aliphatic carbocycles. The van der Waals surface area contributed by atoms with Gasteiger partial charge in [-0.3, -0.25) is 14.4 Å². The number of ether oxygens (including phenoxy) is 1. The molecule has 1 aliphatic heterocycles. The van der Waals surface area contributed by atoms with Gasteiger partial charge in [-0.15, -0.1) is 11.3 Å². The minimum absolute atomic E-state index is 0.0184. The van der Waals surface area contributed by atoms with E-state index in [2.05, 4.69) is 30.9 Å². The lowest BCUT2D eigenvalue weighted by Crippen LogP contribution is -2.26. The van der Waals surface area contributed by atoms with E-state index in [1.54, 1.807) is 18.3 Å². The number of rotatable bonds is 5. The van der Waals surface area contributed by atoms with Gasteiger partial charge in [-0.1, -0.05) is 24.3 Å². The fourth-order valence-electron chi connectivity index (χ4n) is 3.99. The summed E-state index contributed by atoms with van der Waals surface area (Å²) < 4.78 is 6.38. The number of hydrogen-bond acceptors (Lipinski definition) is 7. The highest BCUT2D eigenvalue weighted by atomic mass is 32.1. The van der Waals surface area contributed by atoms with E-state index in [9.17, 15) is 14.4 Å². The number of hydrogen-bond donors (Lipinski definition) is 4. The second-order valence-electron chi connectivity index (χ2n) is 8.10. The van der Waals surface area contributed by atoms with Crippen LogP contribution >= 0.6 is 11.3 Å². The molecule has 1 aliphatic rings. The largest absolute Gasteiger partial charge is 0.482 e. The van der Waals surface area contributed by atoms with Crippen molar-refractivity contribution in [1.82, 2.24) is 20.3 Å². The van der Waals surface area contributed by atoms with Crippen LogP contribution in [0.2, 0.25) is 0 Å². The highest BCUT2D eigenvalue weighted by Crippen LogP contribution is 2.29. The summed E-state index contributed by atoms with van der Waals surface area (Å²) in [6, 6.07) is 14.9. The maximum atomic E-state index is 12.9. The number of nitrogens with zero attached hydrogens (tertiary/aromatic N) is 2. The van der Waals surface area contributed by atoms with Crippen LogP contribution in [-0.4, -0.2) is 39.3 Å². The summed E-state index contributed by atoms with van der Waals surface area (Å²) in [6.07, 6.45) is 2.87. The third-order valence-corrected chi connectivity index (χ3v) is 6.82. The molecule has 6 rings (SSSR count). The molecule has 0 saturated carbocycles. The summed E-state index contributed by atoms with van der Waals surface area (Å²) >= 11 is 1.40. The van der Waals surface area contributed by atoms with E-state index in [0.717, 1.165) is 15.6 Å². The zero-order valence-corrected chi connectivity index (χ0v) is 19.4. The van der Waals surface area contributed by atoms with Crippen molar-refractivity contribution in [2.24, 2.45) is 0 Å².